The maximum Gasteiger partial charge on any atom is 0.342 e. The number of H-pyrrole nitrogens is 1. The molecule has 2 heterocycles. The van der Waals surface area contributed by atoms with Crippen LogP contribution in [-0.4, -0.2) is 109 Å². The monoisotopic (exact) mass is 1430 g/mol. The Morgan fingerprint density at radius 1 is 0.701 bits per heavy atom. The predicted molar refractivity (Wildman–Crippen MR) is 391 cm³/mol. The van der Waals surface area contributed by atoms with E-state index in [2.05, 4.69) is 117 Å². The van der Waals surface area contributed by atoms with Crippen molar-refractivity contribution in [3.05, 3.63) is 98.6 Å². The molecule has 3 aromatic rings. The van der Waals surface area contributed by atoms with Crippen LogP contribution in [-0.2, 0) is 59.3 Å². The van der Waals surface area contributed by atoms with Crippen LogP contribution in [0.1, 0.15) is 225 Å². The number of aromatic nitrogens is 1. The molecule has 536 valence electrons. The molecule has 0 bridgehead atoms. The molecule has 1 aromatic heterocycles. The molecule has 6 rings (SSSR count). The van der Waals surface area contributed by atoms with E-state index in [0.29, 0.717) is 57.3 Å². The quantitative estimate of drug-likeness (QED) is 0.0231. The third-order valence-corrected chi connectivity index (χ3v) is 20.0. The Hall–Kier alpha value is -5.87. The van der Waals surface area contributed by atoms with Gasteiger partial charge >= 0.3 is 11.9 Å². The molecule has 6 unspecified atom stereocenters. The molecule has 6 atom stereocenters. The summed E-state index contributed by atoms with van der Waals surface area (Å²) in [5.41, 5.74) is 4.51. The number of hydrogen-bond acceptors (Lipinski definition) is 15. The maximum absolute atomic E-state index is 15.3. The van der Waals surface area contributed by atoms with Crippen molar-refractivity contribution in [2.75, 3.05) is 30.0 Å². The number of aliphatic carboxylic acids is 1. The number of carboxylic acids is 1. The molecule has 2 aliphatic carbocycles. The largest absolute Gasteiger partial charge is 0.481 e. The summed E-state index contributed by atoms with van der Waals surface area (Å²) in [4.78, 5) is 89.0. The number of ether oxygens (including phenoxy) is 3. The van der Waals surface area contributed by atoms with Gasteiger partial charge in [-0.3, -0.25) is 14.4 Å². The van der Waals surface area contributed by atoms with Crippen molar-refractivity contribution < 1.29 is 77.8 Å². The molecule has 97 heavy (non-hydrogen) atoms. The molecule has 18 nitrogen and oxygen atoms in total. The molecule has 0 saturated heterocycles. The number of isocyanates is 1. The van der Waals surface area contributed by atoms with Crippen LogP contribution in [0.3, 0.4) is 0 Å². The Labute approximate surface area is 601 Å². The zero-order chi connectivity index (χ0) is 71.0. The summed E-state index contributed by atoms with van der Waals surface area (Å²) in [6.45, 7) is 43.4. The number of carboxylic acid groups (broad SMARTS) is 1. The maximum atomic E-state index is 15.3. The van der Waals surface area contributed by atoms with Crippen LogP contribution in [0.25, 0.3) is 11.4 Å². The predicted octanol–water partition coefficient (Wildman–Crippen LogP) is 17.3. The third kappa shape index (κ3) is 26.0. The SMILES string of the molecule is C.C.CC(=O)O.CC1CC(C(C)(C)C)C(OC(=O)C2=C(C(C)C)C(=Cc3[nH]c(NC(=O)C(C)SCCO)c(C(=O)OC4C(C(C)(C)C)CC(C)CC4C(C)(C)C)c3C(C)C)[N-]C2=NC(=O)C(C)SCCO)C(C(C)(C)C)C1.N#COc1ccc(Cc2ccc(N=C=O)cc2)cc1.[Zn]. The van der Waals surface area contributed by atoms with Crippen LogP contribution in [0.15, 0.2) is 75.4 Å². The smallest absolute Gasteiger partial charge is 0.342 e. The Bertz CT molecular complexity index is 3210. The number of nitrogens with one attached hydrogen (secondary N) is 2. The fraction of sp³-hybridized carbons (Fsp3) is 0.632. The molecule has 21 heteroatoms. The molecule has 0 radical (unpaired) electrons. The fourth-order valence-corrected chi connectivity index (χ4v) is 14.3. The number of carbonyl (C=O) groups is 5. The number of nitrogens with zero attached hydrogens (tertiary/aromatic N) is 4. The van der Waals surface area contributed by atoms with Crippen molar-refractivity contribution >= 4 is 82.7 Å². The van der Waals surface area contributed by atoms with Gasteiger partial charge in [0.05, 0.1) is 35.0 Å². The molecular weight excluding hydrogens is 1320 g/mol. The zero-order valence-corrected chi connectivity index (χ0v) is 64.9. The van der Waals surface area contributed by atoms with E-state index in [-0.39, 0.29) is 133 Å². The fourth-order valence-electron chi connectivity index (χ4n) is 13.0. The molecule has 5 N–H and O–H groups in total. The van der Waals surface area contributed by atoms with E-state index < -0.39 is 46.5 Å². The summed E-state index contributed by atoms with van der Waals surface area (Å²) in [5.74, 6) is -0.842. The summed E-state index contributed by atoms with van der Waals surface area (Å²) in [7, 11) is 0. The first-order chi connectivity index (χ1) is 43.7. The van der Waals surface area contributed by atoms with E-state index in [1.54, 1.807) is 50.4 Å². The number of rotatable bonds is 20. The number of amidine groups is 1. The van der Waals surface area contributed by atoms with E-state index in [1.807, 2.05) is 52.0 Å². The van der Waals surface area contributed by atoms with Gasteiger partial charge in [-0.25, -0.2) is 14.4 Å². The van der Waals surface area contributed by atoms with Gasteiger partial charge in [0.2, 0.25) is 12.0 Å². The second-order valence-electron chi connectivity index (χ2n) is 30.4. The number of nitriles is 1. The van der Waals surface area contributed by atoms with Crippen LogP contribution in [0.2, 0.25) is 0 Å². The van der Waals surface area contributed by atoms with E-state index in [4.69, 9.17) is 34.7 Å². The minimum Gasteiger partial charge on any atom is -0.481 e. The van der Waals surface area contributed by atoms with Gasteiger partial charge in [-0.15, -0.1) is 28.8 Å². The van der Waals surface area contributed by atoms with Gasteiger partial charge in [-0.05, 0) is 155 Å². The molecule has 1 aliphatic heterocycles. The number of thioether (sulfide) groups is 2. The number of aliphatic hydroxyl groups is 2. The van der Waals surface area contributed by atoms with Crippen LogP contribution >= 0.6 is 23.5 Å². The molecule has 2 aromatic carbocycles. The van der Waals surface area contributed by atoms with E-state index in [0.717, 1.165) is 50.2 Å². The summed E-state index contributed by atoms with van der Waals surface area (Å²) >= 11 is 2.57. The molecule has 2 saturated carbocycles. The van der Waals surface area contributed by atoms with Gasteiger partial charge in [-0.2, -0.15) is 4.99 Å². The first-order valence-electron chi connectivity index (χ1n) is 32.9. The summed E-state index contributed by atoms with van der Waals surface area (Å²) in [6.07, 6.45) is 8.50. The van der Waals surface area contributed by atoms with Gasteiger partial charge in [0.15, 0.2) is 5.91 Å². The minimum absolute atomic E-state index is 0. The minimum atomic E-state index is -0.833. The molecule has 2 fully saturated rings. The Balaban J connectivity index is 0.00000152. The second-order valence-corrected chi connectivity index (χ2v) is 33.3. The van der Waals surface area contributed by atoms with Gasteiger partial charge < -0.3 is 50.1 Å². The number of anilines is 1. The van der Waals surface area contributed by atoms with Gasteiger partial charge in [0.25, 0.3) is 12.2 Å². The standard InChI is InChI=1S/C57H94N4O8S2.C15H10N2O2.C2H4O2.2CH4.Zn/c1-30(2)42-40(58-48(60-50(64)34(7)70-23-21-62)44(42)52(66)68-46-36(54(9,10)11)25-32(5)26-37(46)55(12,13)14)29-41-43(31(3)4)45(49(59-41)61-51(65)35(8)71-24-22-63)53(67)69-47-38(56(15,16)17)27-33(6)28-39(47)57(18,19)20;16-10-19-15-7-3-13(4-8-15)9-12-1-5-14(6-2-12)17-11-18;1-2(3)4;;;/h29-39,46-47,62-63H,21-28H2,1-20H3,(H3,58,59,60,61,64,65,66,67);1-8H,9H2;1H3,(H,3,4);2*1H4;/p-1. The second kappa shape index (κ2) is 39.2. The number of carbonyl (C=O) groups excluding carboxylic acids is 5. The van der Waals surface area contributed by atoms with Crippen molar-refractivity contribution in [3.63, 3.8) is 0 Å². The van der Waals surface area contributed by atoms with Crippen molar-refractivity contribution in [2.45, 2.75) is 221 Å². The van der Waals surface area contributed by atoms with Crippen molar-refractivity contribution in [1.29, 1.82) is 5.26 Å². The van der Waals surface area contributed by atoms with E-state index in [1.165, 1.54) is 29.6 Å². The zero-order valence-electron chi connectivity index (χ0n) is 60.3. The topological polar surface area (TPSA) is 281 Å². The number of amides is 2. The average molecular weight is 1430 g/mol. The summed E-state index contributed by atoms with van der Waals surface area (Å²) < 4.78 is 18.4. The third-order valence-electron chi connectivity index (χ3n) is 17.8. The van der Waals surface area contributed by atoms with Crippen LogP contribution in [0.4, 0.5) is 11.5 Å². The number of hydrogen-bond donors (Lipinski definition) is 5. The van der Waals surface area contributed by atoms with E-state index >= 15 is 9.59 Å². The van der Waals surface area contributed by atoms with Crippen molar-refractivity contribution in [3.8, 4) is 12.0 Å². The summed E-state index contributed by atoms with van der Waals surface area (Å²) in [5, 5.41) is 41.8. The van der Waals surface area contributed by atoms with Crippen LogP contribution < -0.4 is 10.1 Å². The first kappa shape index (κ1) is 89.1. The number of aromatic amines is 1. The number of allylic oxidation sites excluding steroid dienone is 1. The number of esters is 2. The number of benzene rings is 2. The molecule has 0 spiro atoms. The molecule has 3 aliphatic rings. The van der Waals surface area contributed by atoms with Gasteiger partial charge in [-0.1, -0.05) is 164 Å². The van der Waals surface area contributed by atoms with Crippen molar-refractivity contribution in [2.24, 2.45) is 73.1 Å². The number of aliphatic imine (C=N–C) groups is 2. The van der Waals surface area contributed by atoms with Gasteiger partial charge in [0.1, 0.15) is 29.3 Å². The normalized spacial score (nSPS) is 21.6. The van der Waals surface area contributed by atoms with Crippen molar-refractivity contribution in [1.82, 2.24) is 4.98 Å². The summed E-state index contributed by atoms with van der Waals surface area (Å²) in [6, 6.07) is 14.7. The molecular formula is C76H115N6O12S2Zn-. The van der Waals surface area contributed by atoms with Crippen LogP contribution in [0.5, 0.6) is 5.75 Å². The number of aliphatic hydroxyl groups excluding tert-OH is 2. The molecule has 2 amide bonds. The van der Waals surface area contributed by atoms with E-state index in [9.17, 15) is 24.6 Å². The Kier molecular flexibility index (Phi) is 36.0. The Morgan fingerprint density at radius 2 is 1.12 bits per heavy atom. The Morgan fingerprint density at radius 3 is 1.52 bits per heavy atom. The van der Waals surface area contributed by atoms with Gasteiger partial charge in [0, 0.05) is 67.3 Å². The first-order valence-corrected chi connectivity index (χ1v) is 35.0. The van der Waals surface area contributed by atoms with Crippen LogP contribution in [0, 0.1) is 74.6 Å². The average Bonchev–Trinajstić information content (AvgIpc) is 1.75.